The summed E-state index contributed by atoms with van der Waals surface area (Å²) in [4.78, 5) is 17.5. The van der Waals surface area contributed by atoms with Crippen molar-refractivity contribution in [1.82, 2.24) is 25.3 Å². The van der Waals surface area contributed by atoms with E-state index in [1.807, 2.05) is 6.92 Å². The highest BCUT2D eigenvalue weighted by molar-refractivity contribution is 6.28. The normalized spacial score (nSPS) is 18.4. The van der Waals surface area contributed by atoms with Gasteiger partial charge in [-0.1, -0.05) is 0 Å². The van der Waals surface area contributed by atoms with Crippen LogP contribution < -0.4 is 21.7 Å². The Morgan fingerprint density at radius 1 is 0.824 bits per heavy atom. The highest BCUT2D eigenvalue weighted by Crippen LogP contribution is 2.29. The summed E-state index contributed by atoms with van der Waals surface area (Å²) in [5.74, 6) is -3.70. The fourth-order valence-corrected chi connectivity index (χ4v) is 3.33. The van der Waals surface area contributed by atoms with Crippen LogP contribution in [-0.4, -0.2) is 58.0 Å². The first kappa shape index (κ1) is 29.9. The number of piperidine rings is 2. The van der Waals surface area contributed by atoms with E-state index in [0.717, 1.165) is 11.4 Å². The second-order valence-electron chi connectivity index (χ2n) is 7.89. The monoisotopic (exact) mass is 528 g/mol. The number of nitrogens with one attached hydrogen (secondary N) is 1. The molecule has 0 radical (unpaired) electrons. The number of nitrogens with zero attached hydrogens (tertiary/aromatic N) is 5. The molecule has 4 heterocycles. The molecule has 2 fully saturated rings. The van der Waals surface area contributed by atoms with Crippen LogP contribution in [0.1, 0.15) is 37.1 Å². The lowest BCUT2D eigenvalue weighted by Crippen LogP contribution is -2.40. The summed E-state index contributed by atoms with van der Waals surface area (Å²) in [6.07, 6.45) is -0.283. The number of anilines is 3. The topological polar surface area (TPSA) is 119 Å². The quantitative estimate of drug-likeness (QED) is 0.374. The maximum atomic E-state index is 13.0. The fraction of sp³-hybridized carbons (Fsp3) is 0.600. The molecule has 0 atom stereocenters. The van der Waals surface area contributed by atoms with Gasteiger partial charge in [-0.2, -0.15) is 4.98 Å². The van der Waals surface area contributed by atoms with Crippen LogP contribution in [-0.2, 0) is 0 Å². The number of aromatic nitrogens is 4. The minimum atomic E-state index is -2.55. The van der Waals surface area contributed by atoms with E-state index in [1.54, 1.807) is 24.0 Å². The van der Waals surface area contributed by atoms with Crippen molar-refractivity contribution in [3.63, 3.8) is 0 Å². The molecule has 2 aromatic heterocycles. The van der Waals surface area contributed by atoms with Gasteiger partial charge in [-0.15, -0.1) is 12.4 Å². The van der Waals surface area contributed by atoms with Crippen molar-refractivity contribution >= 4 is 41.6 Å². The molecule has 5 N–H and O–H groups in total. The Morgan fingerprint density at radius 2 is 1.29 bits per heavy atom. The van der Waals surface area contributed by atoms with Crippen LogP contribution in [0.4, 0.5) is 35.1 Å². The molecule has 0 aliphatic carbocycles. The van der Waals surface area contributed by atoms with Crippen LogP contribution in [0.3, 0.4) is 0 Å². The van der Waals surface area contributed by atoms with Gasteiger partial charge < -0.3 is 21.7 Å². The number of rotatable bonds is 1. The minimum absolute atomic E-state index is 0. The predicted molar refractivity (Wildman–Crippen MR) is 128 cm³/mol. The molecular weight excluding hydrogens is 499 g/mol. The first-order valence-corrected chi connectivity index (χ1v) is 10.8. The Kier molecular flexibility index (Phi) is 11.5. The minimum Gasteiger partial charge on any atom is -0.384 e. The summed E-state index contributed by atoms with van der Waals surface area (Å²) in [5, 5.41) is 3.06. The molecule has 0 aromatic carbocycles. The molecule has 2 aliphatic rings. The van der Waals surface area contributed by atoms with E-state index >= 15 is 0 Å². The van der Waals surface area contributed by atoms with Crippen LogP contribution in [0.5, 0.6) is 0 Å². The second-order valence-corrected chi connectivity index (χ2v) is 8.22. The number of alkyl halides is 4. The molecular formula is C20H30Cl2F4N8. The van der Waals surface area contributed by atoms with E-state index in [4.69, 9.17) is 23.1 Å². The molecule has 4 rings (SSSR count). The number of aryl methyl sites for hydroxylation is 2. The van der Waals surface area contributed by atoms with E-state index in [9.17, 15) is 17.6 Å². The maximum absolute atomic E-state index is 13.0. The van der Waals surface area contributed by atoms with Crippen LogP contribution in [0, 0.1) is 13.8 Å². The number of hydrogen-bond acceptors (Lipinski definition) is 8. The molecule has 34 heavy (non-hydrogen) atoms. The summed E-state index contributed by atoms with van der Waals surface area (Å²) in [5.41, 5.74) is 12.5. The zero-order valence-electron chi connectivity index (χ0n) is 19.0. The van der Waals surface area contributed by atoms with Crippen LogP contribution in [0.15, 0.2) is 12.1 Å². The second kappa shape index (κ2) is 13.1. The Balaban J connectivity index is 0.000000274. The summed E-state index contributed by atoms with van der Waals surface area (Å²) < 4.78 is 50.2. The molecule has 2 aliphatic heterocycles. The van der Waals surface area contributed by atoms with Gasteiger partial charge in [0, 0.05) is 75.4 Å². The van der Waals surface area contributed by atoms with Crippen molar-refractivity contribution in [2.75, 3.05) is 42.5 Å². The Bertz CT molecular complexity index is 831. The lowest BCUT2D eigenvalue weighted by molar-refractivity contribution is -0.0274. The Hall–Kier alpha value is -2.18. The average molecular weight is 529 g/mol. The van der Waals surface area contributed by atoms with Crippen molar-refractivity contribution in [2.45, 2.75) is 51.4 Å². The molecule has 2 aromatic rings. The van der Waals surface area contributed by atoms with Crippen molar-refractivity contribution in [2.24, 2.45) is 0 Å². The molecule has 192 valence electrons. The molecule has 0 spiro atoms. The van der Waals surface area contributed by atoms with Crippen molar-refractivity contribution < 1.29 is 17.6 Å². The van der Waals surface area contributed by atoms with E-state index in [-0.39, 0.29) is 56.5 Å². The van der Waals surface area contributed by atoms with E-state index in [1.165, 1.54) is 0 Å². The summed E-state index contributed by atoms with van der Waals surface area (Å²) in [7, 11) is 0. The summed E-state index contributed by atoms with van der Waals surface area (Å²) >= 11 is 5.45. The smallest absolute Gasteiger partial charge is 0.251 e. The number of hydrogen-bond donors (Lipinski definition) is 3. The van der Waals surface area contributed by atoms with Crippen LogP contribution in [0.25, 0.3) is 0 Å². The maximum Gasteiger partial charge on any atom is 0.251 e. The zero-order chi connectivity index (χ0) is 24.6. The first-order chi connectivity index (χ1) is 15.3. The van der Waals surface area contributed by atoms with Gasteiger partial charge in [-0.05, 0) is 25.4 Å². The third-order valence-corrected chi connectivity index (χ3v) is 4.99. The number of nitrogens with two attached hydrogens (primary N) is 2. The highest BCUT2D eigenvalue weighted by atomic mass is 35.5. The van der Waals surface area contributed by atoms with Gasteiger partial charge in [-0.3, -0.25) is 0 Å². The standard InChI is InChI=1S/C10H14F2N4.C5H6ClN3.C5H9F2N.ClH/c1-7-6-8(13)15-9(14-7)16-4-2-10(11,12)3-5-16;1-3-2-4(7)9-5(6)8-3;6-5(7)1-3-8-4-2-5;/h6H,2-5H2,1H3,(H2,13,14,15);2H,1H3,(H2,7,8,9);8H,1-4H2;1H. The third kappa shape index (κ3) is 10.8. The molecule has 8 nitrogen and oxygen atoms in total. The Labute approximate surface area is 207 Å². The van der Waals surface area contributed by atoms with E-state index in [0.29, 0.717) is 30.7 Å². The van der Waals surface area contributed by atoms with Crippen LogP contribution >= 0.6 is 24.0 Å². The van der Waals surface area contributed by atoms with E-state index in [2.05, 4.69) is 25.3 Å². The van der Waals surface area contributed by atoms with Crippen molar-refractivity contribution in [3.05, 3.63) is 28.8 Å². The van der Waals surface area contributed by atoms with Gasteiger partial charge in [-0.25, -0.2) is 32.5 Å². The highest BCUT2D eigenvalue weighted by Gasteiger charge is 2.34. The van der Waals surface area contributed by atoms with Crippen molar-refractivity contribution in [1.29, 1.82) is 0 Å². The van der Waals surface area contributed by atoms with Gasteiger partial charge in [0.2, 0.25) is 11.2 Å². The Morgan fingerprint density at radius 3 is 1.71 bits per heavy atom. The zero-order valence-corrected chi connectivity index (χ0v) is 20.6. The third-order valence-electron chi connectivity index (χ3n) is 4.82. The molecule has 0 saturated carbocycles. The van der Waals surface area contributed by atoms with Gasteiger partial charge in [0.05, 0.1) is 0 Å². The SMILES string of the molecule is Cc1cc(N)nc(Cl)n1.Cc1cc(N)nc(N2CCC(F)(F)CC2)n1.Cl.FC1(F)CCNCC1. The predicted octanol–water partition coefficient (Wildman–Crippen LogP) is 4.05. The van der Waals surface area contributed by atoms with Gasteiger partial charge in [0.1, 0.15) is 11.6 Å². The first-order valence-electron chi connectivity index (χ1n) is 10.4. The molecule has 0 bridgehead atoms. The van der Waals surface area contributed by atoms with Gasteiger partial charge >= 0.3 is 0 Å². The number of halogens is 6. The summed E-state index contributed by atoms with van der Waals surface area (Å²) in [6.45, 7) is 5.09. The van der Waals surface area contributed by atoms with E-state index < -0.39 is 11.8 Å². The van der Waals surface area contributed by atoms with Gasteiger partial charge in [0.25, 0.3) is 11.8 Å². The molecule has 0 unspecified atom stereocenters. The average Bonchev–Trinajstić information content (AvgIpc) is 2.67. The molecule has 2 saturated heterocycles. The fourth-order valence-electron chi connectivity index (χ4n) is 3.10. The lowest BCUT2D eigenvalue weighted by atomic mass is 10.1. The number of nitrogen functional groups attached to an aromatic ring is 2. The van der Waals surface area contributed by atoms with Crippen LogP contribution in [0.2, 0.25) is 5.28 Å². The lowest BCUT2D eigenvalue weighted by Gasteiger charge is -2.31. The largest absolute Gasteiger partial charge is 0.384 e. The van der Waals surface area contributed by atoms with Crippen molar-refractivity contribution in [3.8, 4) is 0 Å². The molecule has 14 heteroatoms. The summed E-state index contributed by atoms with van der Waals surface area (Å²) in [6, 6.07) is 3.31. The molecule has 0 amide bonds. The van der Waals surface area contributed by atoms with Gasteiger partial charge in [0.15, 0.2) is 0 Å².